The lowest BCUT2D eigenvalue weighted by Crippen LogP contribution is -2.13. The lowest BCUT2D eigenvalue weighted by molar-refractivity contribution is -0.116. The van der Waals surface area contributed by atoms with Crippen LogP contribution in [0.15, 0.2) is 52.9 Å². The van der Waals surface area contributed by atoms with Crippen LogP contribution in [0.4, 0.5) is 5.69 Å². The van der Waals surface area contributed by atoms with Crippen molar-refractivity contribution < 1.29 is 14.0 Å². The number of nitrogens with one attached hydrogen (secondary N) is 1. The van der Waals surface area contributed by atoms with E-state index in [9.17, 15) is 9.59 Å². The molecular formula is C22H22N2O3. The minimum absolute atomic E-state index is 0.0374. The Morgan fingerprint density at radius 3 is 2.41 bits per heavy atom. The molecule has 138 valence electrons. The number of oxazole rings is 1. The number of nitrogens with zero attached hydrogens (tertiary/aromatic N) is 1. The summed E-state index contributed by atoms with van der Waals surface area (Å²) in [6.45, 7) is 5.72. The largest absolute Gasteiger partial charge is 0.441 e. The molecular weight excluding hydrogens is 340 g/mol. The van der Waals surface area contributed by atoms with Crippen LogP contribution in [0, 0.1) is 20.8 Å². The molecule has 1 amide bonds. The van der Waals surface area contributed by atoms with Crippen molar-refractivity contribution in [1.82, 2.24) is 4.98 Å². The van der Waals surface area contributed by atoms with Gasteiger partial charge in [0.15, 0.2) is 5.78 Å². The molecule has 5 heteroatoms. The molecule has 0 radical (unpaired) electrons. The number of aryl methyl sites for hydroxylation is 3. The summed E-state index contributed by atoms with van der Waals surface area (Å²) in [5.74, 6) is 1.06. The molecule has 0 aliphatic carbocycles. The third-order valence-corrected chi connectivity index (χ3v) is 4.37. The summed E-state index contributed by atoms with van der Waals surface area (Å²) in [6.07, 6.45) is 0.306. The molecule has 1 N–H and O–H groups in total. The highest BCUT2D eigenvalue weighted by molar-refractivity contribution is 6.00. The average molecular weight is 362 g/mol. The Balaban J connectivity index is 1.60. The maximum Gasteiger partial charge on any atom is 0.226 e. The summed E-state index contributed by atoms with van der Waals surface area (Å²) in [5.41, 5.74) is 4.01. The molecule has 0 saturated heterocycles. The summed E-state index contributed by atoms with van der Waals surface area (Å²) in [7, 11) is 0. The highest BCUT2D eigenvalue weighted by Gasteiger charge is 2.12. The van der Waals surface area contributed by atoms with Crippen LogP contribution in [0.25, 0.3) is 11.5 Å². The van der Waals surface area contributed by atoms with Gasteiger partial charge in [0.1, 0.15) is 5.76 Å². The van der Waals surface area contributed by atoms with E-state index in [0.717, 1.165) is 22.6 Å². The van der Waals surface area contributed by atoms with Gasteiger partial charge in [0.05, 0.1) is 5.69 Å². The molecule has 0 fully saturated rings. The maximum absolute atomic E-state index is 12.2. The summed E-state index contributed by atoms with van der Waals surface area (Å²) in [5, 5.41) is 2.83. The zero-order valence-electron chi connectivity index (χ0n) is 15.7. The second kappa shape index (κ2) is 7.99. The molecule has 2 aromatic carbocycles. The summed E-state index contributed by atoms with van der Waals surface area (Å²) < 4.78 is 5.63. The van der Waals surface area contributed by atoms with E-state index >= 15 is 0 Å². The fourth-order valence-corrected chi connectivity index (χ4v) is 2.66. The van der Waals surface area contributed by atoms with Crippen molar-refractivity contribution in [3.05, 3.63) is 71.1 Å². The van der Waals surface area contributed by atoms with Gasteiger partial charge in [-0.05, 0) is 39.0 Å². The second-order valence-electron chi connectivity index (χ2n) is 6.58. The SMILES string of the molecule is Cc1ccc(C(=O)CCC(=O)Nc2cccc(-c3nc(C)c(C)o3)c2)cc1. The number of hydrogen-bond acceptors (Lipinski definition) is 4. The number of Topliss-reactive ketones (excluding diaryl/α,β-unsaturated/α-hetero) is 1. The van der Waals surface area contributed by atoms with Crippen LogP contribution in [0.3, 0.4) is 0 Å². The van der Waals surface area contributed by atoms with E-state index in [4.69, 9.17) is 4.42 Å². The van der Waals surface area contributed by atoms with E-state index in [2.05, 4.69) is 10.3 Å². The molecule has 0 spiro atoms. The van der Waals surface area contributed by atoms with Crippen LogP contribution in [-0.2, 0) is 4.79 Å². The van der Waals surface area contributed by atoms with Gasteiger partial charge in [-0.2, -0.15) is 0 Å². The van der Waals surface area contributed by atoms with Crippen molar-refractivity contribution in [3.63, 3.8) is 0 Å². The van der Waals surface area contributed by atoms with Gasteiger partial charge < -0.3 is 9.73 Å². The Hall–Kier alpha value is -3.21. The number of anilines is 1. The molecule has 0 saturated carbocycles. The van der Waals surface area contributed by atoms with Crippen LogP contribution in [0.1, 0.15) is 40.2 Å². The molecule has 27 heavy (non-hydrogen) atoms. The zero-order valence-corrected chi connectivity index (χ0v) is 15.7. The van der Waals surface area contributed by atoms with Crippen molar-refractivity contribution in [2.75, 3.05) is 5.32 Å². The van der Waals surface area contributed by atoms with Crippen molar-refractivity contribution in [2.45, 2.75) is 33.6 Å². The molecule has 5 nitrogen and oxygen atoms in total. The number of hydrogen-bond donors (Lipinski definition) is 1. The topological polar surface area (TPSA) is 72.2 Å². The number of carbonyl (C=O) groups excluding carboxylic acids is 2. The fourth-order valence-electron chi connectivity index (χ4n) is 2.66. The van der Waals surface area contributed by atoms with Gasteiger partial charge >= 0.3 is 0 Å². The summed E-state index contributed by atoms with van der Waals surface area (Å²) >= 11 is 0. The quantitative estimate of drug-likeness (QED) is 0.635. The Morgan fingerprint density at radius 1 is 1.00 bits per heavy atom. The lowest BCUT2D eigenvalue weighted by atomic mass is 10.0. The average Bonchev–Trinajstić information content (AvgIpc) is 2.99. The Labute approximate surface area is 158 Å². The first-order chi connectivity index (χ1) is 12.9. The van der Waals surface area contributed by atoms with E-state index in [0.29, 0.717) is 17.1 Å². The summed E-state index contributed by atoms with van der Waals surface area (Å²) in [6, 6.07) is 14.7. The number of carbonyl (C=O) groups is 2. The molecule has 3 rings (SSSR count). The number of ketones is 1. The van der Waals surface area contributed by atoms with Crippen molar-refractivity contribution in [3.8, 4) is 11.5 Å². The van der Waals surface area contributed by atoms with Crippen LogP contribution in [-0.4, -0.2) is 16.7 Å². The van der Waals surface area contributed by atoms with Crippen LogP contribution < -0.4 is 5.32 Å². The smallest absolute Gasteiger partial charge is 0.226 e. The monoisotopic (exact) mass is 362 g/mol. The predicted molar refractivity (Wildman–Crippen MR) is 105 cm³/mol. The van der Waals surface area contributed by atoms with Gasteiger partial charge in [0.25, 0.3) is 0 Å². The number of amides is 1. The molecule has 0 atom stereocenters. The van der Waals surface area contributed by atoms with Crippen molar-refractivity contribution in [2.24, 2.45) is 0 Å². The maximum atomic E-state index is 12.2. The van der Waals surface area contributed by atoms with Gasteiger partial charge in [-0.15, -0.1) is 0 Å². The highest BCUT2D eigenvalue weighted by Crippen LogP contribution is 2.24. The van der Waals surface area contributed by atoms with Gasteiger partial charge in [0.2, 0.25) is 11.8 Å². The molecule has 1 aromatic heterocycles. The predicted octanol–water partition coefficient (Wildman–Crippen LogP) is 4.87. The van der Waals surface area contributed by atoms with E-state index < -0.39 is 0 Å². The molecule has 0 unspecified atom stereocenters. The van der Waals surface area contributed by atoms with E-state index in [1.54, 1.807) is 18.2 Å². The lowest BCUT2D eigenvalue weighted by Gasteiger charge is -2.06. The van der Waals surface area contributed by atoms with Gasteiger partial charge in [-0.3, -0.25) is 9.59 Å². The Kier molecular flexibility index (Phi) is 5.50. The van der Waals surface area contributed by atoms with Gasteiger partial charge in [0, 0.05) is 29.7 Å². The molecule has 0 bridgehead atoms. The highest BCUT2D eigenvalue weighted by atomic mass is 16.4. The summed E-state index contributed by atoms with van der Waals surface area (Å²) in [4.78, 5) is 28.8. The number of rotatable bonds is 6. The minimum Gasteiger partial charge on any atom is -0.441 e. The zero-order chi connectivity index (χ0) is 19.4. The standard InChI is InChI=1S/C22H22N2O3/c1-14-7-9-17(10-8-14)20(25)11-12-21(26)24-19-6-4-5-18(13-19)22-23-15(2)16(3)27-22/h4-10,13H,11-12H2,1-3H3,(H,24,26). The Morgan fingerprint density at radius 2 is 1.74 bits per heavy atom. The van der Waals surface area contributed by atoms with E-state index in [-0.39, 0.29) is 24.5 Å². The Bertz CT molecular complexity index is 952. The van der Waals surface area contributed by atoms with Gasteiger partial charge in [-0.25, -0.2) is 4.98 Å². The molecule has 3 aromatic rings. The number of aromatic nitrogens is 1. The second-order valence-corrected chi connectivity index (χ2v) is 6.58. The van der Waals surface area contributed by atoms with Crippen LogP contribution in [0.2, 0.25) is 0 Å². The first kappa shape index (κ1) is 18.6. The molecule has 0 aliphatic heterocycles. The van der Waals surface area contributed by atoms with Crippen LogP contribution in [0.5, 0.6) is 0 Å². The van der Waals surface area contributed by atoms with Gasteiger partial charge in [-0.1, -0.05) is 35.9 Å². The molecule has 1 heterocycles. The van der Waals surface area contributed by atoms with Crippen LogP contribution >= 0.6 is 0 Å². The third-order valence-electron chi connectivity index (χ3n) is 4.37. The van der Waals surface area contributed by atoms with Crippen molar-refractivity contribution in [1.29, 1.82) is 0 Å². The van der Waals surface area contributed by atoms with Crippen molar-refractivity contribution >= 4 is 17.4 Å². The van der Waals surface area contributed by atoms with E-state index in [1.807, 2.05) is 51.1 Å². The minimum atomic E-state index is -0.202. The fraction of sp³-hybridized carbons (Fsp3) is 0.227. The first-order valence-electron chi connectivity index (χ1n) is 8.86. The molecule has 0 aliphatic rings. The normalized spacial score (nSPS) is 10.6. The third kappa shape index (κ3) is 4.70. The van der Waals surface area contributed by atoms with E-state index in [1.165, 1.54) is 0 Å². The first-order valence-corrected chi connectivity index (χ1v) is 8.86. The number of benzene rings is 2.